The van der Waals surface area contributed by atoms with Gasteiger partial charge in [-0.15, -0.1) is 0 Å². The second kappa shape index (κ2) is 6.92. The van der Waals surface area contributed by atoms with E-state index in [1.807, 2.05) is 0 Å². The number of pyridine rings is 1. The highest BCUT2D eigenvalue weighted by Crippen LogP contribution is 1.95. The molecule has 0 bridgehead atoms. The Morgan fingerprint density at radius 1 is 1.38 bits per heavy atom. The molecule has 4 N–H and O–H groups in total. The number of carbonyl (C=O) groups is 1. The van der Waals surface area contributed by atoms with Crippen LogP contribution in [0.25, 0.3) is 0 Å². The molecule has 0 unspecified atom stereocenters. The minimum absolute atomic E-state index is 0.0849. The van der Waals surface area contributed by atoms with E-state index in [1.54, 1.807) is 29.1 Å². The van der Waals surface area contributed by atoms with Gasteiger partial charge in [0.1, 0.15) is 0 Å². The quantitative estimate of drug-likeness (QED) is 0.445. The van der Waals surface area contributed by atoms with Gasteiger partial charge in [0.15, 0.2) is 12.4 Å². The zero-order chi connectivity index (χ0) is 11.8. The number of hydrogen-bond acceptors (Lipinski definition) is 3. The Labute approximate surface area is 94.9 Å². The summed E-state index contributed by atoms with van der Waals surface area (Å²) in [6.07, 6.45) is 5.13. The largest absolute Gasteiger partial charge is 0.352 e. The molecular weight excluding hydrogens is 206 g/mol. The number of aliphatic hydroxyl groups excluding tert-OH is 1. The van der Waals surface area contributed by atoms with Gasteiger partial charge in [0.25, 0.3) is 5.91 Å². The molecule has 0 aliphatic rings. The number of rotatable bonds is 6. The lowest BCUT2D eigenvalue weighted by Gasteiger charge is -2.03. The van der Waals surface area contributed by atoms with E-state index >= 15 is 0 Å². The van der Waals surface area contributed by atoms with Gasteiger partial charge in [-0.2, -0.15) is 4.57 Å². The van der Waals surface area contributed by atoms with Crippen LogP contribution in [0.4, 0.5) is 0 Å². The van der Waals surface area contributed by atoms with Crippen molar-refractivity contribution in [3.05, 3.63) is 30.1 Å². The molecule has 1 aromatic heterocycles. The summed E-state index contributed by atoms with van der Waals surface area (Å²) in [7, 11) is 0. The van der Waals surface area contributed by atoms with Crippen molar-refractivity contribution in [3.63, 3.8) is 0 Å². The first-order chi connectivity index (χ1) is 7.77. The van der Waals surface area contributed by atoms with Gasteiger partial charge in [-0.25, -0.2) is 0 Å². The number of nitrogens with one attached hydrogen (secondary N) is 1. The first kappa shape index (κ1) is 12.6. The first-order valence-electron chi connectivity index (χ1n) is 5.36. The van der Waals surface area contributed by atoms with Crippen molar-refractivity contribution in [2.45, 2.75) is 19.6 Å². The highest BCUT2D eigenvalue weighted by Gasteiger charge is 2.06. The Balaban J connectivity index is 2.40. The highest BCUT2D eigenvalue weighted by molar-refractivity contribution is 5.93. The van der Waals surface area contributed by atoms with Crippen LogP contribution in [0.5, 0.6) is 0 Å². The number of hydrogen-bond donors (Lipinski definition) is 3. The minimum Gasteiger partial charge on any atom is -0.352 e. The van der Waals surface area contributed by atoms with Gasteiger partial charge < -0.3 is 16.2 Å². The fourth-order valence-corrected chi connectivity index (χ4v) is 1.28. The summed E-state index contributed by atoms with van der Waals surface area (Å²) in [5.74, 6) is -0.0953. The van der Waals surface area contributed by atoms with Crippen LogP contribution in [0.3, 0.4) is 0 Å². The van der Waals surface area contributed by atoms with Crippen LogP contribution in [0.1, 0.15) is 23.2 Å². The second-order valence-corrected chi connectivity index (χ2v) is 3.49. The molecular formula is C11H18N3O2+. The predicted molar refractivity (Wildman–Crippen MR) is 59.5 cm³/mol. The number of aliphatic hydroxyl groups is 1. The predicted octanol–water partition coefficient (Wildman–Crippen LogP) is -0.607. The zero-order valence-corrected chi connectivity index (χ0v) is 9.22. The summed E-state index contributed by atoms with van der Waals surface area (Å²) in [6, 6.07) is 3.35. The molecule has 5 heteroatoms. The Morgan fingerprint density at radius 3 is 2.62 bits per heavy atom. The average molecular weight is 224 g/mol. The van der Waals surface area contributed by atoms with Crippen LogP contribution in [-0.4, -0.2) is 24.1 Å². The normalized spacial score (nSPS) is 10.1. The number of nitrogens with two attached hydrogens (primary N) is 1. The van der Waals surface area contributed by atoms with Crippen molar-refractivity contribution in [2.75, 3.05) is 13.1 Å². The third kappa shape index (κ3) is 3.96. The molecule has 88 valence electrons. The molecule has 0 radical (unpaired) electrons. The SMILES string of the molecule is NCCCCNC(=O)c1cc[n+](CO)cc1. The van der Waals surface area contributed by atoms with Crippen molar-refractivity contribution < 1.29 is 14.5 Å². The second-order valence-electron chi connectivity index (χ2n) is 3.49. The Hall–Kier alpha value is -1.46. The van der Waals surface area contributed by atoms with E-state index < -0.39 is 0 Å². The Morgan fingerprint density at radius 2 is 2.06 bits per heavy atom. The highest BCUT2D eigenvalue weighted by atomic mass is 16.3. The van der Waals surface area contributed by atoms with Crippen molar-refractivity contribution in [1.82, 2.24) is 5.32 Å². The molecule has 0 spiro atoms. The molecule has 0 aromatic carbocycles. The smallest absolute Gasteiger partial charge is 0.251 e. The molecule has 0 atom stereocenters. The van der Waals surface area contributed by atoms with Gasteiger partial charge >= 0.3 is 0 Å². The van der Waals surface area contributed by atoms with Crippen LogP contribution in [0.2, 0.25) is 0 Å². The summed E-state index contributed by atoms with van der Waals surface area (Å²) < 4.78 is 1.57. The molecule has 0 aliphatic heterocycles. The molecule has 0 fully saturated rings. The maximum atomic E-state index is 11.6. The lowest BCUT2D eigenvalue weighted by molar-refractivity contribution is -0.729. The molecule has 5 nitrogen and oxygen atoms in total. The maximum absolute atomic E-state index is 11.6. The first-order valence-corrected chi connectivity index (χ1v) is 5.36. The summed E-state index contributed by atoms with van der Waals surface area (Å²) in [4.78, 5) is 11.6. The lowest BCUT2D eigenvalue weighted by Crippen LogP contribution is -2.33. The number of amides is 1. The van der Waals surface area contributed by atoms with Crippen molar-refractivity contribution >= 4 is 5.91 Å². The minimum atomic E-state index is -0.0953. The van der Waals surface area contributed by atoms with Crippen LogP contribution < -0.4 is 15.6 Å². The Kier molecular flexibility index (Phi) is 5.45. The molecule has 0 aliphatic carbocycles. The topological polar surface area (TPSA) is 79.2 Å². The zero-order valence-electron chi connectivity index (χ0n) is 9.22. The lowest BCUT2D eigenvalue weighted by atomic mass is 10.2. The number of aromatic nitrogens is 1. The monoisotopic (exact) mass is 224 g/mol. The molecule has 16 heavy (non-hydrogen) atoms. The van der Waals surface area contributed by atoms with E-state index in [-0.39, 0.29) is 12.6 Å². The van der Waals surface area contributed by atoms with Gasteiger partial charge in [-0.05, 0) is 19.4 Å². The molecule has 1 rings (SSSR count). The third-order valence-electron chi connectivity index (χ3n) is 2.23. The number of nitrogens with zero attached hydrogens (tertiary/aromatic N) is 1. The van der Waals surface area contributed by atoms with Gasteiger partial charge in [0.05, 0.1) is 5.56 Å². The van der Waals surface area contributed by atoms with Crippen molar-refractivity contribution in [2.24, 2.45) is 5.73 Å². The van der Waals surface area contributed by atoms with E-state index in [2.05, 4.69) is 5.32 Å². The fourth-order valence-electron chi connectivity index (χ4n) is 1.28. The Bertz CT molecular complexity index is 325. The summed E-state index contributed by atoms with van der Waals surface area (Å²) in [5.41, 5.74) is 5.94. The molecule has 1 aromatic rings. The standard InChI is InChI=1S/C11H17N3O2/c12-5-1-2-6-13-11(16)10-3-7-14(9-15)8-4-10/h3-4,7-8,15H,1-2,5-6,9,12H2/p+1. The third-order valence-corrected chi connectivity index (χ3v) is 2.23. The van der Waals surface area contributed by atoms with Gasteiger partial charge in [-0.1, -0.05) is 0 Å². The van der Waals surface area contributed by atoms with E-state index in [0.717, 1.165) is 12.8 Å². The summed E-state index contributed by atoms with van der Waals surface area (Å²) in [6.45, 7) is 1.21. The average Bonchev–Trinajstić information content (AvgIpc) is 2.34. The van der Waals surface area contributed by atoms with Crippen molar-refractivity contribution in [1.29, 1.82) is 0 Å². The maximum Gasteiger partial charge on any atom is 0.251 e. The van der Waals surface area contributed by atoms with Gasteiger partial charge in [0, 0.05) is 18.7 Å². The van der Waals surface area contributed by atoms with E-state index in [4.69, 9.17) is 10.8 Å². The van der Waals surface area contributed by atoms with Gasteiger partial charge in [-0.3, -0.25) is 4.79 Å². The summed E-state index contributed by atoms with van der Waals surface area (Å²) >= 11 is 0. The van der Waals surface area contributed by atoms with Crippen LogP contribution >= 0.6 is 0 Å². The molecule has 0 saturated carbocycles. The number of carbonyl (C=O) groups excluding carboxylic acids is 1. The summed E-state index contributed by atoms with van der Waals surface area (Å²) in [5, 5.41) is 11.6. The molecule has 1 amide bonds. The molecule has 1 heterocycles. The van der Waals surface area contributed by atoms with Crippen LogP contribution in [0, 0.1) is 0 Å². The molecule has 0 saturated heterocycles. The van der Waals surface area contributed by atoms with E-state index in [1.165, 1.54) is 0 Å². The van der Waals surface area contributed by atoms with Gasteiger partial charge in [0.2, 0.25) is 6.73 Å². The van der Waals surface area contributed by atoms with Crippen LogP contribution in [-0.2, 0) is 6.73 Å². The van der Waals surface area contributed by atoms with E-state index in [9.17, 15) is 4.79 Å². The fraction of sp³-hybridized carbons (Fsp3) is 0.455. The van der Waals surface area contributed by atoms with E-state index in [0.29, 0.717) is 18.7 Å². The van der Waals surface area contributed by atoms with Crippen molar-refractivity contribution in [3.8, 4) is 0 Å². The van der Waals surface area contributed by atoms with Crippen LogP contribution in [0.15, 0.2) is 24.5 Å². The number of unbranched alkanes of at least 4 members (excludes halogenated alkanes) is 1.